The van der Waals surface area contributed by atoms with Gasteiger partial charge in [0.15, 0.2) is 0 Å². The van der Waals surface area contributed by atoms with Crippen LogP contribution in [0.1, 0.15) is 16.6 Å². The van der Waals surface area contributed by atoms with Crippen LogP contribution in [0.5, 0.6) is 0 Å². The molecule has 4 N–H and O–H groups in total. The van der Waals surface area contributed by atoms with Gasteiger partial charge in [-0.05, 0) is 29.6 Å². The highest BCUT2D eigenvalue weighted by atomic mass is 32.1. The molecule has 0 saturated carbocycles. The predicted molar refractivity (Wildman–Crippen MR) is 77.4 cm³/mol. The van der Waals surface area contributed by atoms with Gasteiger partial charge in [0.25, 0.3) is 5.91 Å². The van der Waals surface area contributed by atoms with E-state index >= 15 is 0 Å². The number of carbonyl (C=O) groups excluding carboxylic acids is 2. The molecule has 0 aliphatic heterocycles. The first kappa shape index (κ1) is 13.1. The maximum atomic E-state index is 12.0. The summed E-state index contributed by atoms with van der Waals surface area (Å²) in [6, 6.07) is 8.61. The van der Waals surface area contributed by atoms with Crippen LogP contribution in [-0.2, 0) is 4.79 Å². The van der Waals surface area contributed by atoms with Crippen LogP contribution in [0.2, 0.25) is 0 Å². The summed E-state index contributed by atoms with van der Waals surface area (Å²) in [7, 11) is 0. The molecule has 0 fully saturated rings. The summed E-state index contributed by atoms with van der Waals surface area (Å²) in [6.07, 6.45) is 0. The first-order valence-electron chi connectivity index (χ1n) is 5.58. The summed E-state index contributed by atoms with van der Waals surface area (Å²) in [4.78, 5) is 23.4. The molecular formula is C13H13N3O2S. The Balaban J connectivity index is 2.13. The van der Waals surface area contributed by atoms with E-state index < -0.39 is 0 Å². The van der Waals surface area contributed by atoms with Crippen molar-refractivity contribution < 1.29 is 9.59 Å². The van der Waals surface area contributed by atoms with Gasteiger partial charge in [0.2, 0.25) is 5.91 Å². The van der Waals surface area contributed by atoms with Crippen LogP contribution in [0.15, 0.2) is 35.7 Å². The monoisotopic (exact) mass is 275 g/mol. The number of thiophene rings is 1. The van der Waals surface area contributed by atoms with Crippen molar-refractivity contribution in [3.05, 3.63) is 40.6 Å². The molecule has 0 atom stereocenters. The van der Waals surface area contributed by atoms with Gasteiger partial charge in [-0.25, -0.2) is 0 Å². The Morgan fingerprint density at radius 1 is 1.16 bits per heavy atom. The standard InChI is InChI=1S/C13H13N3O2S/c1-8(17)15-9-3-2-4-10(7-9)16-13(18)12-11(14)5-6-19-12/h2-7H,14H2,1H3,(H,15,17)(H,16,18). The zero-order chi connectivity index (χ0) is 13.8. The zero-order valence-electron chi connectivity index (χ0n) is 10.3. The van der Waals surface area contributed by atoms with Crippen molar-refractivity contribution in [1.82, 2.24) is 0 Å². The molecule has 0 radical (unpaired) electrons. The Morgan fingerprint density at radius 2 is 1.84 bits per heavy atom. The lowest BCUT2D eigenvalue weighted by molar-refractivity contribution is -0.114. The SMILES string of the molecule is CC(=O)Nc1cccc(NC(=O)c2sccc2N)c1. The highest BCUT2D eigenvalue weighted by Gasteiger charge is 2.11. The molecule has 1 aromatic heterocycles. The molecule has 1 aromatic carbocycles. The van der Waals surface area contributed by atoms with Gasteiger partial charge in [-0.3, -0.25) is 9.59 Å². The predicted octanol–water partition coefficient (Wildman–Crippen LogP) is 2.54. The van der Waals surface area contributed by atoms with Gasteiger partial charge < -0.3 is 16.4 Å². The third kappa shape index (κ3) is 3.32. The number of nitrogen functional groups attached to an aromatic ring is 1. The lowest BCUT2D eigenvalue weighted by Gasteiger charge is -2.07. The number of rotatable bonds is 3. The Morgan fingerprint density at radius 3 is 2.42 bits per heavy atom. The fourth-order valence-electron chi connectivity index (χ4n) is 1.57. The summed E-state index contributed by atoms with van der Waals surface area (Å²) < 4.78 is 0. The van der Waals surface area contributed by atoms with E-state index in [1.165, 1.54) is 18.3 Å². The molecule has 0 unspecified atom stereocenters. The van der Waals surface area contributed by atoms with Crippen LogP contribution in [0, 0.1) is 0 Å². The van der Waals surface area contributed by atoms with Gasteiger partial charge in [0.05, 0.1) is 5.69 Å². The first-order chi connectivity index (χ1) is 9.06. The summed E-state index contributed by atoms with van der Waals surface area (Å²) in [5.41, 5.74) is 7.37. The van der Waals surface area contributed by atoms with E-state index in [1.54, 1.807) is 35.7 Å². The van der Waals surface area contributed by atoms with E-state index in [0.717, 1.165) is 0 Å². The number of hydrogen-bond acceptors (Lipinski definition) is 4. The Bertz CT molecular complexity index is 622. The van der Waals surface area contributed by atoms with E-state index in [9.17, 15) is 9.59 Å². The molecule has 1 heterocycles. The lowest BCUT2D eigenvalue weighted by atomic mass is 10.2. The van der Waals surface area contributed by atoms with Crippen molar-refractivity contribution in [3.8, 4) is 0 Å². The fourth-order valence-corrected chi connectivity index (χ4v) is 2.28. The molecule has 2 amide bonds. The van der Waals surface area contributed by atoms with Gasteiger partial charge in [0.1, 0.15) is 4.88 Å². The van der Waals surface area contributed by atoms with Crippen LogP contribution in [0.3, 0.4) is 0 Å². The van der Waals surface area contributed by atoms with E-state index in [4.69, 9.17) is 5.73 Å². The number of benzene rings is 1. The highest BCUT2D eigenvalue weighted by Crippen LogP contribution is 2.21. The van der Waals surface area contributed by atoms with E-state index in [2.05, 4.69) is 10.6 Å². The second-order valence-electron chi connectivity index (χ2n) is 3.92. The van der Waals surface area contributed by atoms with Crippen LogP contribution in [-0.4, -0.2) is 11.8 Å². The van der Waals surface area contributed by atoms with E-state index in [0.29, 0.717) is 21.9 Å². The summed E-state index contributed by atoms with van der Waals surface area (Å²) in [5, 5.41) is 7.15. The van der Waals surface area contributed by atoms with Gasteiger partial charge in [0, 0.05) is 18.3 Å². The molecule has 0 saturated heterocycles. The molecule has 2 aromatic rings. The van der Waals surface area contributed by atoms with Crippen molar-refractivity contribution in [3.63, 3.8) is 0 Å². The van der Waals surface area contributed by atoms with Crippen LogP contribution in [0.4, 0.5) is 17.1 Å². The molecule has 98 valence electrons. The second kappa shape index (κ2) is 5.53. The Hall–Kier alpha value is -2.34. The third-order valence-electron chi connectivity index (χ3n) is 2.34. The lowest BCUT2D eigenvalue weighted by Crippen LogP contribution is -2.12. The van der Waals surface area contributed by atoms with E-state index in [-0.39, 0.29) is 11.8 Å². The maximum Gasteiger partial charge on any atom is 0.267 e. The van der Waals surface area contributed by atoms with Crippen LogP contribution < -0.4 is 16.4 Å². The van der Waals surface area contributed by atoms with Crippen molar-refractivity contribution >= 4 is 40.2 Å². The fraction of sp³-hybridized carbons (Fsp3) is 0.0769. The smallest absolute Gasteiger partial charge is 0.267 e. The number of amides is 2. The summed E-state index contributed by atoms with van der Waals surface area (Å²) in [5.74, 6) is -0.418. The number of anilines is 3. The largest absolute Gasteiger partial charge is 0.397 e. The Labute approximate surface area is 114 Å². The van der Waals surface area contributed by atoms with Gasteiger partial charge in [-0.2, -0.15) is 0 Å². The Kier molecular flexibility index (Phi) is 3.82. The minimum atomic E-state index is -0.257. The molecule has 0 aliphatic carbocycles. The molecule has 0 bridgehead atoms. The van der Waals surface area contributed by atoms with Crippen molar-refractivity contribution in [2.75, 3.05) is 16.4 Å². The molecule has 19 heavy (non-hydrogen) atoms. The van der Waals surface area contributed by atoms with Gasteiger partial charge in [-0.15, -0.1) is 11.3 Å². The molecule has 6 heteroatoms. The van der Waals surface area contributed by atoms with Gasteiger partial charge >= 0.3 is 0 Å². The average Bonchev–Trinajstić information content (AvgIpc) is 2.75. The molecule has 0 spiro atoms. The van der Waals surface area contributed by atoms with Crippen molar-refractivity contribution in [2.45, 2.75) is 6.92 Å². The minimum Gasteiger partial charge on any atom is -0.397 e. The number of carbonyl (C=O) groups is 2. The van der Waals surface area contributed by atoms with Crippen molar-refractivity contribution in [2.24, 2.45) is 0 Å². The molecule has 2 rings (SSSR count). The second-order valence-corrected chi connectivity index (χ2v) is 4.84. The van der Waals surface area contributed by atoms with Gasteiger partial charge in [-0.1, -0.05) is 6.07 Å². The topological polar surface area (TPSA) is 84.2 Å². The average molecular weight is 275 g/mol. The van der Waals surface area contributed by atoms with E-state index in [1.807, 2.05) is 0 Å². The maximum absolute atomic E-state index is 12.0. The highest BCUT2D eigenvalue weighted by molar-refractivity contribution is 7.12. The normalized spacial score (nSPS) is 9.95. The number of nitrogens with one attached hydrogen (secondary N) is 2. The summed E-state index contributed by atoms with van der Waals surface area (Å²) >= 11 is 1.28. The minimum absolute atomic E-state index is 0.161. The summed E-state index contributed by atoms with van der Waals surface area (Å²) in [6.45, 7) is 1.43. The number of hydrogen-bond donors (Lipinski definition) is 3. The number of nitrogens with two attached hydrogens (primary N) is 1. The first-order valence-corrected chi connectivity index (χ1v) is 6.46. The van der Waals surface area contributed by atoms with Crippen LogP contribution in [0.25, 0.3) is 0 Å². The molecule has 5 nitrogen and oxygen atoms in total. The quantitative estimate of drug-likeness (QED) is 0.804. The molecule has 0 aliphatic rings. The third-order valence-corrected chi connectivity index (χ3v) is 3.27. The van der Waals surface area contributed by atoms with Crippen molar-refractivity contribution in [1.29, 1.82) is 0 Å². The van der Waals surface area contributed by atoms with Crippen LogP contribution >= 0.6 is 11.3 Å². The molecular weight excluding hydrogens is 262 g/mol. The zero-order valence-corrected chi connectivity index (χ0v) is 11.1.